The van der Waals surface area contributed by atoms with E-state index in [0.29, 0.717) is 18.1 Å². The van der Waals surface area contributed by atoms with Crippen molar-refractivity contribution >= 4 is 11.9 Å². The van der Waals surface area contributed by atoms with Gasteiger partial charge in [-0.1, -0.05) is 19.9 Å². The zero-order valence-electron chi connectivity index (χ0n) is 7.73. The molecule has 0 amide bonds. The average molecular weight is 186 g/mol. The van der Waals surface area contributed by atoms with Gasteiger partial charge in [0, 0.05) is 12.2 Å². The van der Waals surface area contributed by atoms with Crippen LogP contribution in [0.4, 0.5) is 0 Å². The Labute approximate surface area is 77.2 Å². The Balaban J connectivity index is 0. The van der Waals surface area contributed by atoms with E-state index >= 15 is 0 Å². The molecule has 0 saturated heterocycles. The van der Waals surface area contributed by atoms with Gasteiger partial charge in [-0.15, -0.1) is 6.58 Å². The third-order valence-corrected chi connectivity index (χ3v) is 0.840. The molecule has 74 valence electrons. The maximum absolute atomic E-state index is 9.55. The quantitative estimate of drug-likeness (QED) is 0.518. The summed E-state index contributed by atoms with van der Waals surface area (Å²) in [5, 5.41) is 15.6. The first-order valence-electron chi connectivity index (χ1n) is 3.66. The molecule has 0 aliphatic carbocycles. The molecule has 0 unspecified atom stereocenters. The molecule has 0 aliphatic heterocycles. The van der Waals surface area contributed by atoms with Gasteiger partial charge in [0.15, 0.2) is 0 Å². The smallest absolute Gasteiger partial charge is 0.328 e. The van der Waals surface area contributed by atoms with Gasteiger partial charge in [0.05, 0.1) is 0 Å². The molecule has 0 heterocycles. The molecule has 0 fully saturated rings. The number of carboxylic acids is 2. The summed E-state index contributed by atoms with van der Waals surface area (Å²) in [5.74, 6) is -1.87. The van der Waals surface area contributed by atoms with Crippen molar-refractivity contribution in [2.75, 3.05) is 0 Å². The van der Waals surface area contributed by atoms with Gasteiger partial charge in [-0.2, -0.15) is 0 Å². The first-order valence-corrected chi connectivity index (χ1v) is 3.66. The Morgan fingerprint density at radius 1 is 1.15 bits per heavy atom. The molecule has 0 aliphatic rings. The Bertz CT molecular complexity index is 188. The van der Waals surface area contributed by atoms with E-state index in [2.05, 4.69) is 20.4 Å². The second-order valence-corrected chi connectivity index (χ2v) is 2.49. The largest absolute Gasteiger partial charge is 0.478 e. The van der Waals surface area contributed by atoms with Crippen molar-refractivity contribution in [3.8, 4) is 0 Å². The van der Waals surface area contributed by atoms with Crippen molar-refractivity contribution in [3.63, 3.8) is 0 Å². The molecular weight excluding hydrogens is 172 g/mol. The van der Waals surface area contributed by atoms with E-state index in [9.17, 15) is 9.59 Å². The molecule has 0 spiro atoms. The summed E-state index contributed by atoms with van der Waals surface area (Å²) in [7, 11) is 0. The highest BCUT2D eigenvalue weighted by Gasteiger charge is 1.88. The van der Waals surface area contributed by atoms with Gasteiger partial charge in [0.2, 0.25) is 0 Å². The molecule has 0 atom stereocenters. The number of carboxylic acid groups (broad SMARTS) is 2. The Hall–Kier alpha value is -1.58. The summed E-state index contributed by atoms with van der Waals surface area (Å²) in [6, 6.07) is 0. The Morgan fingerprint density at radius 2 is 1.38 bits per heavy atom. The molecule has 0 aromatic carbocycles. The molecule has 4 heteroatoms. The lowest BCUT2D eigenvalue weighted by molar-refractivity contribution is -0.134. The first-order chi connectivity index (χ1) is 5.90. The van der Waals surface area contributed by atoms with Gasteiger partial charge in [-0.05, 0) is 5.92 Å². The normalized spacial score (nSPS) is 9.15. The van der Waals surface area contributed by atoms with Crippen LogP contribution in [-0.4, -0.2) is 22.2 Å². The number of carbonyl (C=O) groups is 2. The molecule has 0 radical (unpaired) electrons. The summed E-state index contributed by atoms with van der Waals surface area (Å²) in [6.45, 7) is 7.77. The van der Waals surface area contributed by atoms with Crippen LogP contribution in [0.2, 0.25) is 0 Å². The van der Waals surface area contributed by atoms with E-state index in [1.807, 2.05) is 6.08 Å². The SMILES string of the molecule is C=CC(C)C.O=C(O)C=CC(=O)O. The maximum atomic E-state index is 9.55. The molecular formula is C9H14O4. The minimum Gasteiger partial charge on any atom is -0.478 e. The van der Waals surface area contributed by atoms with Gasteiger partial charge in [0.1, 0.15) is 0 Å². The fourth-order valence-corrected chi connectivity index (χ4v) is 0.143. The van der Waals surface area contributed by atoms with Crippen LogP contribution in [0.5, 0.6) is 0 Å². The van der Waals surface area contributed by atoms with Crippen LogP contribution in [0.25, 0.3) is 0 Å². The van der Waals surface area contributed by atoms with Crippen molar-refractivity contribution in [3.05, 3.63) is 24.8 Å². The van der Waals surface area contributed by atoms with Crippen molar-refractivity contribution in [2.24, 2.45) is 5.92 Å². The van der Waals surface area contributed by atoms with Crippen molar-refractivity contribution < 1.29 is 19.8 Å². The summed E-state index contributed by atoms with van der Waals surface area (Å²) >= 11 is 0. The topological polar surface area (TPSA) is 74.6 Å². The van der Waals surface area contributed by atoms with Crippen LogP contribution in [0.3, 0.4) is 0 Å². The van der Waals surface area contributed by atoms with Gasteiger partial charge >= 0.3 is 11.9 Å². The third kappa shape index (κ3) is 25.1. The predicted molar refractivity (Wildman–Crippen MR) is 49.4 cm³/mol. The highest BCUT2D eigenvalue weighted by Crippen LogP contribution is 1.87. The summed E-state index contributed by atoms with van der Waals surface area (Å²) in [6.07, 6.45) is 3.03. The zero-order valence-corrected chi connectivity index (χ0v) is 7.73. The summed E-state index contributed by atoms with van der Waals surface area (Å²) < 4.78 is 0. The van der Waals surface area contributed by atoms with E-state index < -0.39 is 11.9 Å². The number of hydrogen-bond donors (Lipinski definition) is 2. The molecule has 0 saturated carbocycles. The van der Waals surface area contributed by atoms with E-state index in [4.69, 9.17) is 10.2 Å². The van der Waals surface area contributed by atoms with Gasteiger partial charge < -0.3 is 10.2 Å². The monoisotopic (exact) mass is 186 g/mol. The van der Waals surface area contributed by atoms with Gasteiger partial charge in [0.25, 0.3) is 0 Å². The van der Waals surface area contributed by atoms with Crippen molar-refractivity contribution in [1.29, 1.82) is 0 Å². The zero-order chi connectivity index (χ0) is 10.9. The van der Waals surface area contributed by atoms with Crippen LogP contribution >= 0.6 is 0 Å². The highest BCUT2D eigenvalue weighted by molar-refractivity contribution is 5.89. The Morgan fingerprint density at radius 3 is 1.46 bits per heavy atom. The molecule has 0 rings (SSSR count). The standard InChI is InChI=1S/C5H10.C4H4O4/c1-4-5(2)3;5-3(6)1-2-4(7)8/h4-5H,1H2,2-3H3;1-2H,(H,5,6)(H,7,8). The summed E-state index contributed by atoms with van der Waals surface area (Å²) in [5.41, 5.74) is 0. The second kappa shape index (κ2) is 8.52. The lowest BCUT2D eigenvalue weighted by atomic mass is 10.2. The van der Waals surface area contributed by atoms with E-state index in [1.165, 1.54) is 0 Å². The maximum Gasteiger partial charge on any atom is 0.328 e. The van der Waals surface area contributed by atoms with Gasteiger partial charge in [-0.25, -0.2) is 9.59 Å². The fraction of sp³-hybridized carbons (Fsp3) is 0.333. The van der Waals surface area contributed by atoms with Gasteiger partial charge in [-0.3, -0.25) is 0 Å². The fourth-order valence-electron chi connectivity index (χ4n) is 0.143. The molecule has 0 bridgehead atoms. The predicted octanol–water partition coefficient (Wildman–Crippen LogP) is 1.54. The average Bonchev–Trinajstić information content (AvgIpc) is 2.02. The van der Waals surface area contributed by atoms with Crippen LogP contribution in [-0.2, 0) is 9.59 Å². The number of aliphatic carboxylic acids is 2. The molecule has 0 aromatic heterocycles. The lowest BCUT2D eigenvalue weighted by Crippen LogP contribution is -1.91. The number of allylic oxidation sites excluding steroid dienone is 1. The molecule has 4 nitrogen and oxygen atoms in total. The Kier molecular flexibility index (Phi) is 9.15. The van der Waals surface area contributed by atoms with Crippen LogP contribution in [0.1, 0.15) is 13.8 Å². The van der Waals surface area contributed by atoms with Crippen molar-refractivity contribution in [1.82, 2.24) is 0 Å². The lowest BCUT2D eigenvalue weighted by Gasteiger charge is -1.84. The molecule has 13 heavy (non-hydrogen) atoms. The minimum atomic E-state index is -1.26. The highest BCUT2D eigenvalue weighted by atomic mass is 16.4. The first kappa shape index (κ1) is 14.0. The molecule has 2 N–H and O–H groups in total. The minimum absolute atomic E-state index is 0.558. The number of rotatable bonds is 3. The van der Waals surface area contributed by atoms with Crippen LogP contribution < -0.4 is 0 Å². The number of hydrogen-bond acceptors (Lipinski definition) is 2. The van der Waals surface area contributed by atoms with Crippen molar-refractivity contribution in [2.45, 2.75) is 13.8 Å². The van der Waals surface area contributed by atoms with E-state index in [-0.39, 0.29) is 0 Å². The summed E-state index contributed by atoms with van der Waals surface area (Å²) in [4.78, 5) is 19.1. The van der Waals surface area contributed by atoms with Crippen LogP contribution in [0.15, 0.2) is 24.8 Å². The molecule has 0 aromatic rings. The van der Waals surface area contributed by atoms with Crippen LogP contribution in [0, 0.1) is 5.92 Å². The van der Waals surface area contributed by atoms with E-state index in [0.717, 1.165) is 0 Å². The second-order valence-electron chi connectivity index (χ2n) is 2.49. The third-order valence-electron chi connectivity index (χ3n) is 0.840. The van der Waals surface area contributed by atoms with E-state index in [1.54, 1.807) is 0 Å².